The normalized spacial score (nSPS) is 34.6. The van der Waals surface area contributed by atoms with E-state index < -0.39 is 36.4 Å². The summed E-state index contributed by atoms with van der Waals surface area (Å²) in [5.74, 6) is -0.621. The van der Waals surface area contributed by atoms with Gasteiger partial charge in [-0.1, -0.05) is 30.3 Å². The molecule has 102 valence electrons. The zero-order chi connectivity index (χ0) is 13.6. The van der Waals surface area contributed by atoms with Crippen molar-refractivity contribution in [3.63, 3.8) is 0 Å². The molecule has 2 aliphatic rings. The number of hydrogen-bond acceptors (Lipinski definition) is 5. The van der Waals surface area contributed by atoms with Gasteiger partial charge in [-0.15, -0.1) is 0 Å². The summed E-state index contributed by atoms with van der Waals surface area (Å²) in [6.45, 7) is 0. The highest BCUT2D eigenvalue weighted by Crippen LogP contribution is 2.37. The Hall–Kier alpha value is -1.47. The highest BCUT2D eigenvalue weighted by Gasteiger charge is 2.55. The predicted octanol–water partition coefficient (Wildman–Crippen LogP) is -0.643. The van der Waals surface area contributed by atoms with Crippen molar-refractivity contribution in [2.45, 2.75) is 36.9 Å². The number of carbonyl (C=O) groups is 1. The van der Waals surface area contributed by atoms with Crippen LogP contribution in [0.4, 0.5) is 0 Å². The molecule has 1 aliphatic carbocycles. The van der Waals surface area contributed by atoms with Crippen LogP contribution in [-0.2, 0) is 9.63 Å². The van der Waals surface area contributed by atoms with E-state index in [1.165, 1.54) is 0 Å². The van der Waals surface area contributed by atoms with Crippen molar-refractivity contribution >= 4 is 5.91 Å². The SMILES string of the molecule is O=C([C@H](O)c1ccccc1)N1OC2CC1[C@H](O)[C@@H]2O. The largest absolute Gasteiger partial charge is 0.388 e. The molecule has 1 aromatic rings. The van der Waals surface area contributed by atoms with Crippen molar-refractivity contribution < 1.29 is 25.0 Å². The van der Waals surface area contributed by atoms with Crippen LogP contribution in [0.25, 0.3) is 0 Å². The van der Waals surface area contributed by atoms with Gasteiger partial charge in [0, 0.05) is 6.42 Å². The van der Waals surface area contributed by atoms with Crippen LogP contribution in [0.5, 0.6) is 0 Å². The van der Waals surface area contributed by atoms with Crippen LogP contribution in [-0.4, -0.2) is 50.6 Å². The smallest absolute Gasteiger partial charge is 0.279 e. The standard InChI is InChI=1S/C13H15NO5/c15-10(7-4-2-1-3-5-7)13(18)14-8-6-9(19-14)12(17)11(8)16/h1-5,8-12,15-17H,6H2/t8?,9?,10-,11+,12-/m1/s1. The molecule has 2 fully saturated rings. The summed E-state index contributed by atoms with van der Waals surface area (Å²) < 4.78 is 0. The monoisotopic (exact) mass is 265 g/mol. The van der Waals surface area contributed by atoms with Crippen molar-refractivity contribution in [2.75, 3.05) is 0 Å². The van der Waals surface area contributed by atoms with Crippen molar-refractivity contribution in [3.05, 3.63) is 35.9 Å². The van der Waals surface area contributed by atoms with Gasteiger partial charge in [-0.25, -0.2) is 5.06 Å². The van der Waals surface area contributed by atoms with Gasteiger partial charge in [-0.05, 0) is 5.56 Å². The molecule has 1 saturated carbocycles. The number of fused-ring (bicyclic) bond motifs is 2. The Morgan fingerprint density at radius 2 is 1.95 bits per heavy atom. The number of hydroxylamine groups is 2. The maximum atomic E-state index is 12.1. The van der Waals surface area contributed by atoms with Crippen LogP contribution in [0.1, 0.15) is 18.1 Å². The zero-order valence-corrected chi connectivity index (χ0v) is 10.1. The minimum atomic E-state index is -1.33. The lowest BCUT2D eigenvalue weighted by atomic mass is 10.1. The van der Waals surface area contributed by atoms with E-state index in [1.54, 1.807) is 30.3 Å². The number of benzene rings is 1. The van der Waals surface area contributed by atoms with Crippen molar-refractivity contribution in [3.8, 4) is 0 Å². The lowest BCUT2D eigenvalue weighted by molar-refractivity contribution is -0.244. The molecule has 2 unspecified atom stereocenters. The van der Waals surface area contributed by atoms with Gasteiger partial charge in [0.2, 0.25) is 0 Å². The second-order valence-electron chi connectivity index (χ2n) is 4.91. The average molecular weight is 265 g/mol. The molecular formula is C13H15NO5. The summed E-state index contributed by atoms with van der Waals surface area (Å²) in [5, 5.41) is 30.3. The Balaban J connectivity index is 1.76. The molecule has 1 aromatic carbocycles. The molecule has 2 bridgehead atoms. The lowest BCUT2D eigenvalue weighted by Crippen LogP contribution is -2.51. The van der Waals surface area contributed by atoms with E-state index in [0.29, 0.717) is 12.0 Å². The molecule has 5 atom stereocenters. The van der Waals surface area contributed by atoms with Crippen LogP contribution in [0.15, 0.2) is 30.3 Å². The van der Waals surface area contributed by atoms with Crippen LogP contribution in [0.2, 0.25) is 0 Å². The first-order valence-corrected chi connectivity index (χ1v) is 6.18. The molecule has 1 saturated heterocycles. The van der Waals surface area contributed by atoms with E-state index in [0.717, 1.165) is 5.06 Å². The number of aliphatic hydroxyl groups is 3. The molecule has 6 heteroatoms. The van der Waals surface area contributed by atoms with Gasteiger partial charge in [-0.3, -0.25) is 9.63 Å². The second kappa shape index (κ2) is 4.57. The maximum Gasteiger partial charge on any atom is 0.279 e. The molecule has 0 aromatic heterocycles. The minimum absolute atomic E-state index is 0.385. The van der Waals surface area contributed by atoms with Gasteiger partial charge in [0.25, 0.3) is 5.91 Å². The first-order chi connectivity index (χ1) is 9.09. The third kappa shape index (κ3) is 1.93. The Bertz CT molecular complexity index is 477. The molecule has 19 heavy (non-hydrogen) atoms. The van der Waals surface area contributed by atoms with Gasteiger partial charge >= 0.3 is 0 Å². The molecule has 6 nitrogen and oxygen atoms in total. The summed E-state index contributed by atoms with van der Waals surface area (Å²) in [7, 11) is 0. The molecule has 0 radical (unpaired) electrons. The number of hydrogen-bond donors (Lipinski definition) is 3. The quantitative estimate of drug-likeness (QED) is 0.661. The number of nitrogens with zero attached hydrogens (tertiary/aromatic N) is 1. The van der Waals surface area contributed by atoms with Crippen LogP contribution in [0, 0.1) is 0 Å². The van der Waals surface area contributed by atoms with Gasteiger partial charge in [0.15, 0.2) is 6.10 Å². The third-order valence-electron chi connectivity index (χ3n) is 3.72. The molecule has 1 heterocycles. The summed E-state index contributed by atoms with van der Waals surface area (Å²) in [6.07, 6.45) is -3.51. The predicted molar refractivity (Wildman–Crippen MR) is 63.5 cm³/mol. The highest BCUT2D eigenvalue weighted by molar-refractivity contribution is 5.81. The van der Waals surface area contributed by atoms with E-state index >= 15 is 0 Å². The second-order valence-corrected chi connectivity index (χ2v) is 4.91. The van der Waals surface area contributed by atoms with Gasteiger partial charge in [-0.2, -0.15) is 0 Å². The van der Waals surface area contributed by atoms with E-state index in [-0.39, 0.29) is 0 Å². The first kappa shape index (κ1) is 12.6. The van der Waals surface area contributed by atoms with E-state index in [2.05, 4.69) is 0 Å². The molecule has 1 amide bonds. The Kier molecular flexibility index (Phi) is 3.02. The molecule has 3 N–H and O–H groups in total. The van der Waals surface area contributed by atoms with Gasteiger partial charge in [0.05, 0.1) is 6.04 Å². The minimum Gasteiger partial charge on any atom is -0.388 e. The van der Waals surface area contributed by atoms with Crippen molar-refractivity contribution in [2.24, 2.45) is 0 Å². The number of aliphatic hydroxyl groups excluding tert-OH is 3. The fraction of sp³-hybridized carbons (Fsp3) is 0.462. The zero-order valence-electron chi connectivity index (χ0n) is 10.1. The van der Waals surface area contributed by atoms with E-state index in [4.69, 9.17) is 4.84 Å². The average Bonchev–Trinajstić information content (AvgIpc) is 2.99. The van der Waals surface area contributed by atoms with Gasteiger partial charge in [0.1, 0.15) is 18.3 Å². The summed E-state index contributed by atoms with van der Waals surface area (Å²) in [4.78, 5) is 17.4. The Labute approximate surface area is 109 Å². The van der Waals surface area contributed by atoms with E-state index in [9.17, 15) is 20.1 Å². The van der Waals surface area contributed by atoms with E-state index in [1.807, 2.05) is 0 Å². The summed E-state index contributed by atoms with van der Waals surface area (Å²) in [5.41, 5.74) is 0.467. The highest BCUT2D eigenvalue weighted by atomic mass is 16.7. The Morgan fingerprint density at radius 1 is 1.26 bits per heavy atom. The number of rotatable bonds is 2. The molecule has 3 rings (SSSR count). The van der Waals surface area contributed by atoms with Crippen LogP contribution < -0.4 is 0 Å². The lowest BCUT2D eigenvalue weighted by Gasteiger charge is -2.33. The van der Waals surface area contributed by atoms with Crippen molar-refractivity contribution in [1.82, 2.24) is 5.06 Å². The fourth-order valence-corrected chi connectivity index (χ4v) is 2.64. The molecule has 0 spiro atoms. The number of carbonyl (C=O) groups excluding carboxylic acids is 1. The third-order valence-corrected chi connectivity index (χ3v) is 3.72. The van der Waals surface area contributed by atoms with Crippen LogP contribution in [0.3, 0.4) is 0 Å². The summed E-state index contributed by atoms with van der Waals surface area (Å²) in [6, 6.07) is 7.92. The topological polar surface area (TPSA) is 90.2 Å². The fourth-order valence-electron chi connectivity index (χ4n) is 2.64. The number of amides is 1. The van der Waals surface area contributed by atoms with Crippen LogP contribution >= 0.6 is 0 Å². The maximum absolute atomic E-state index is 12.1. The van der Waals surface area contributed by atoms with Crippen molar-refractivity contribution in [1.29, 1.82) is 0 Å². The Morgan fingerprint density at radius 3 is 2.53 bits per heavy atom. The van der Waals surface area contributed by atoms with Gasteiger partial charge < -0.3 is 15.3 Å². The molecule has 1 aliphatic heterocycles. The first-order valence-electron chi connectivity index (χ1n) is 6.18. The summed E-state index contributed by atoms with van der Waals surface area (Å²) >= 11 is 0. The molecular weight excluding hydrogens is 250 g/mol.